The highest BCUT2D eigenvalue weighted by Crippen LogP contribution is 2.47. The second-order valence-corrected chi connectivity index (χ2v) is 7.59. The first-order chi connectivity index (χ1) is 12.1. The first-order valence-electron chi connectivity index (χ1n) is 9.11. The summed E-state index contributed by atoms with van der Waals surface area (Å²) in [5.41, 5.74) is 1.34. The van der Waals surface area contributed by atoms with Crippen LogP contribution in [0.1, 0.15) is 38.5 Å². The number of hydrogen-bond donors (Lipinski definition) is 2. The van der Waals surface area contributed by atoms with Crippen LogP contribution in [-0.2, 0) is 4.79 Å². The number of rotatable bonds is 5. The molecule has 1 aromatic rings. The van der Waals surface area contributed by atoms with Crippen molar-refractivity contribution in [1.82, 2.24) is 10.2 Å². The highest BCUT2D eigenvalue weighted by molar-refractivity contribution is 14.0. The topological polar surface area (TPSA) is 56.7 Å². The number of hydrogen-bond acceptors (Lipinski definition) is 2. The molecule has 1 heterocycles. The van der Waals surface area contributed by atoms with E-state index in [0.717, 1.165) is 37.7 Å². The number of aliphatic imine (C=N–C) groups is 1. The molecular formula is C19H28ClIN4O. The molecule has 0 bridgehead atoms. The van der Waals surface area contributed by atoms with Crippen LogP contribution in [0.2, 0.25) is 5.02 Å². The number of amides is 1. The molecule has 0 aromatic heterocycles. The van der Waals surface area contributed by atoms with E-state index in [2.05, 4.69) is 20.5 Å². The van der Waals surface area contributed by atoms with Crippen molar-refractivity contribution in [2.75, 3.05) is 32.0 Å². The Morgan fingerprint density at radius 1 is 1.27 bits per heavy atom. The minimum atomic E-state index is 0. The van der Waals surface area contributed by atoms with Crippen molar-refractivity contribution in [3.8, 4) is 0 Å². The van der Waals surface area contributed by atoms with Gasteiger partial charge in [-0.05, 0) is 55.4 Å². The van der Waals surface area contributed by atoms with Crippen LogP contribution in [0.15, 0.2) is 29.3 Å². The summed E-state index contributed by atoms with van der Waals surface area (Å²) in [4.78, 5) is 18.8. The molecule has 1 amide bonds. The first kappa shape index (κ1) is 21.3. The quantitative estimate of drug-likeness (QED) is 0.282. The number of nitrogens with one attached hydrogen (secondary N) is 2. The summed E-state index contributed by atoms with van der Waals surface area (Å²) in [5, 5.41) is 6.95. The average molecular weight is 491 g/mol. The van der Waals surface area contributed by atoms with Crippen molar-refractivity contribution in [3.63, 3.8) is 0 Å². The van der Waals surface area contributed by atoms with Gasteiger partial charge in [-0.3, -0.25) is 9.79 Å². The molecule has 3 rings (SSSR count). The van der Waals surface area contributed by atoms with Crippen LogP contribution in [0.25, 0.3) is 0 Å². The molecule has 1 saturated carbocycles. The molecule has 1 aromatic carbocycles. The molecule has 2 aliphatic rings. The maximum atomic E-state index is 12.0. The molecule has 144 valence electrons. The van der Waals surface area contributed by atoms with Gasteiger partial charge in [0, 0.05) is 43.8 Å². The van der Waals surface area contributed by atoms with Gasteiger partial charge in [-0.1, -0.05) is 18.0 Å². The fraction of sp³-hybridized carbons (Fsp3) is 0.579. The van der Waals surface area contributed by atoms with Gasteiger partial charge in [-0.15, -0.1) is 24.0 Å². The number of carbonyl (C=O) groups excluding carboxylic acids is 1. The molecule has 2 N–H and O–H groups in total. The fourth-order valence-electron chi connectivity index (χ4n) is 3.74. The number of benzene rings is 1. The van der Waals surface area contributed by atoms with E-state index in [-0.39, 0.29) is 29.9 Å². The van der Waals surface area contributed by atoms with Gasteiger partial charge in [0.05, 0.1) is 0 Å². The van der Waals surface area contributed by atoms with E-state index in [4.69, 9.17) is 11.6 Å². The Hall–Kier alpha value is -1.02. The molecule has 0 atom stereocenters. The molecule has 0 radical (unpaired) electrons. The summed E-state index contributed by atoms with van der Waals surface area (Å²) in [6, 6.07) is 7.16. The maximum absolute atomic E-state index is 12.0. The van der Waals surface area contributed by atoms with Gasteiger partial charge in [-0.25, -0.2) is 0 Å². The fourth-order valence-corrected chi connectivity index (χ4v) is 3.86. The predicted molar refractivity (Wildman–Crippen MR) is 119 cm³/mol. The summed E-state index contributed by atoms with van der Waals surface area (Å²) >= 11 is 5.84. The van der Waals surface area contributed by atoms with Gasteiger partial charge < -0.3 is 15.5 Å². The molecule has 1 spiro atoms. The van der Waals surface area contributed by atoms with Crippen molar-refractivity contribution in [3.05, 3.63) is 29.3 Å². The van der Waals surface area contributed by atoms with E-state index in [1.54, 1.807) is 12.1 Å². The SMILES string of the molecule is CN=C(NCCCC(=O)Nc1ccc(Cl)cc1)N1CCC2(CCC2)C1.I. The minimum absolute atomic E-state index is 0. The van der Waals surface area contributed by atoms with E-state index >= 15 is 0 Å². The second kappa shape index (κ2) is 9.78. The van der Waals surface area contributed by atoms with Crippen LogP contribution < -0.4 is 10.6 Å². The third-order valence-electron chi connectivity index (χ3n) is 5.36. The molecule has 2 fully saturated rings. The molecule has 1 aliphatic heterocycles. The van der Waals surface area contributed by atoms with Crippen LogP contribution in [-0.4, -0.2) is 43.4 Å². The number of carbonyl (C=O) groups is 1. The van der Waals surface area contributed by atoms with Gasteiger partial charge in [-0.2, -0.15) is 0 Å². The number of anilines is 1. The second-order valence-electron chi connectivity index (χ2n) is 7.16. The highest BCUT2D eigenvalue weighted by atomic mass is 127. The minimum Gasteiger partial charge on any atom is -0.356 e. The maximum Gasteiger partial charge on any atom is 0.224 e. The number of nitrogens with zero attached hydrogens (tertiary/aromatic N) is 2. The number of likely N-dealkylation sites (tertiary alicyclic amines) is 1. The van der Waals surface area contributed by atoms with Gasteiger partial charge in [0.15, 0.2) is 5.96 Å². The Kier molecular flexibility index (Phi) is 8.01. The average Bonchev–Trinajstić information content (AvgIpc) is 3.03. The molecule has 0 unspecified atom stereocenters. The standard InChI is InChI=1S/C19H27ClN4O.HI/c1-21-18(24-13-11-19(14-24)9-3-10-19)22-12-2-4-17(25)23-16-7-5-15(20)6-8-16;/h5-8H,2-4,9-14H2,1H3,(H,21,22)(H,23,25);1H. The zero-order valence-corrected chi connectivity index (χ0v) is 18.3. The van der Waals surface area contributed by atoms with E-state index in [9.17, 15) is 4.79 Å². The van der Waals surface area contributed by atoms with Crippen molar-refractivity contribution >= 4 is 53.1 Å². The summed E-state index contributed by atoms with van der Waals surface area (Å²) < 4.78 is 0. The van der Waals surface area contributed by atoms with Crippen LogP contribution in [0.4, 0.5) is 5.69 Å². The lowest BCUT2D eigenvalue weighted by Gasteiger charge is -2.38. The van der Waals surface area contributed by atoms with Crippen molar-refractivity contribution < 1.29 is 4.79 Å². The van der Waals surface area contributed by atoms with Crippen molar-refractivity contribution in [1.29, 1.82) is 0 Å². The Morgan fingerprint density at radius 3 is 2.58 bits per heavy atom. The Balaban J connectivity index is 0.00000243. The van der Waals surface area contributed by atoms with Crippen LogP contribution in [0, 0.1) is 5.41 Å². The van der Waals surface area contributed by atoms with Crippen molar-refractivity contribution in [2.24, 2.45) is 10.4 Å². The Labute approximate surface area is 178 Å². The van der Waals surface area contributed by atoms with E-state index in [1.165, 1.54) is 25.7 Å². The first-order valence-corrected chi connectivity index (χ1v) is 9.49. The number of guanidine groups is 1. The molecule has 5 nitrogen and oxygen atoms in total. The van der Waals surface area contributed by atoms with Gasteiger partial charge in [0.1, 0.15) is 0 Å². The molecule has 1 aliphatic carbocycles. The zero-order chi connectivity index (χ0) is 17.7. The lowest BCUT2D eigenvalue weighted by atomic mass is 9.68. The highest BCUT2D eigenvalue weighted by Gasteiger charge is 2.43. The Morgan fingerprint density at radius 2 is 2.00 bits per heavy atom. The monoisotopic (exact) mass is 490 g/mol. The third kappa shape index (κ3) is 5.49. The van der Waals surface area contributed by atoms with Crippen LogP contribution in [0.5, 0.6) is 0 Å². The van der Waals surface area contributed by atoms with E-state index < -0.39 is 0 Å². The molecule has 7 heteroatoms. The molecular weight excluding hydrogens is 463 g/mol. The molecule has 1 saturated heterocycles. The van der Waals surface area contributed by atoms with Gasteiger partial charge in [0.25, 0.3) is 0 Å². The van der Waals surface area contributed by atoms with E-state index in [1.807, 2.05) is 19.2 Å². The lowest BCUT2D eigenvalue weighted by molar-refractivity contribution is -0.116. The molecule has 26 heavy (non-hydrogen) atoms. The predicted octanol–water partition coefficient (Wildman–Crippen LogP) is 4.13. The summed E-state index contributed by atoms with van der Waals surface area (Å²) in [5.74, 6) is 0.996. The third-order valence-corrected chi connectivity index (χ3v) is 5.61. The summed E-state index contributed by atoms with van der Waals surface area (Å²) in [7, 11) is 1.83. The smallest absolute Gasteiger partial charge is 0.224 e. The largest absolute Gasteiger partial charge is 0.356 e. The van der Waals surface area contributed by atoms with Gasteiger partial charge >= 0.3 is 0 Å². The normalized spacial score (nSPS) is 18.2. The van der Waals surface area contributed by atoms with Crippen molar-refractivity contribution in [2.45, 2.75) is 38.5 Å². The van der Waals surface area contributed by atoms with Gasteiger partial charge in [0.2, 0.25) is 5.91 Å². The zero-order valence-electron chi connectivity index (χ0n) is 15.3. The van der Waals surface area contributed by atoms with Crippen LogP contribution in [0.3, 0.4) is 0 Å². The summed E-state index contributed by atoms with van der Waals surface area (Å²) in [6.45, 7) is 2.98. The van der Waals surface area contributed by atoms with Crippen LogP contribution >= 0.6 is 35.6 Å². The summed E-state index contributed by atoms with van der Waals surface area (Å²) in [6.07, 6.45) is 6.66. The Bertz CT molecular complexity index is 631. The number of halogens is 2. The lowest BCUT2D eigenvalue weighted by Crippen LogP contribution is -2.42. The van der Waals surface area contributed by atoms with E-state index in [0.29, 0.717) is 16.9 Å².